The van der Waals surface area contributed by atoms with E-state index in [2.05, 4.69) is 29.3 Å². The quantitative estimate of drug-likeness (QED) is 0.800. The lowest BCUT2D eigenvalue weighted by molar-refractivity contribution is 0.132. The Labute approximate surface area is 122 Å². The minimum Gasteiger partial charge on any atom is -0.317 e. The van der Waals surface area contributed by atoms with Crippen LogP contribution in [0.3, 0.4) is 0 Å². The van der Waals surface area contributed by atoms with Gasteiger partial charge in [0.25, 0.3) is 0 Å². The molecule has 0 spiro atoms. The minimum atomic E-state index is 0.739. The number of halogens is 1. The van der Waals surface area contributed by atoms with Gasteiger partial charge < -0.3 is 5.32 Å². The van der Waals surface area contributed by atoms with Gasteiger partial charge in [0.05, 0.1) is 0 Å². The van der Waals surface area contributed by atoms with Crippen LogP contribution in [0.4, 0.5) is 0 Å². The molecular formula is C16H25ClN2. The molecule has 1 aromatic carbocycles. The summed E-state index contributed by atoms with van der Waals surface area (Å²) in [6.07, 6.45) is 5.33. The van der Waals surface area contributed by atoms with Crippen molar-refractivity contribution in [3.8, 4) is 0 Å². The molecule has 0 aromatic heterocycles. The van der Waals surface area contributed by atoms with E-state index in [1.807, 2.05) is 12.1 Å². The van der Waals surface area contributed by atoms with Crippen LogP contribution in [0, 0.1) is 0 Å². The first-order valence-corrected chi connectivity index (χ1v) is 7.86. The molecule has 0 aliphatic carbocycles. The SMILES string of the molecule is CCNCCC1CCCCN1Cc1ccc(Cl)cc1. The fourth-order valence-electron chi connectivity index (χ4n) is 2.86. The largest absolute Gasteiger partial charge is 0.317 e. The standard InChI is InChI=1S/C16H25ClN2/c1-2-18-11-10-16-5-3-4-12-19(16)13-14-6-8-15(17)9-7-14/h6-9,16,18H,2-5,10-13H2,1H3. The molecule has 0 radical (unpaired) electrons. The molecule has 0 bridgehead atoms. The normalized spacial score (nSPS) is 20.6. The van der Waals surface area contributed by atoms with Crippen LogP contribution in [0.1, 0.15) is 38.2 Å². The number of piperidine rings is 1. The van der Waals surface area contributed by atoms with Gasteiger partial charge in [0.1, 0.15) is 0 Å². The Kier molecular flexibility index (Phi) is 6.15. The maximum Gasteiger partial charge on any atom is 0.0406 e. The first kappa shape index (κ1) is 14.8. The average molecular weight is 281 g/mol. The highest BCUT2D eigenvalue weighted by molar-refractivity contribution is 6.30. The number of nitrogens with one attached hydrogen (secondary N) is 1. The number of nitrogens with zero attached hydrogens (tertiary/aromatic N) is 1. The highest BCUT2D eigenvalue weighted by Crippen LogP contribution is 2.22. The molecule has 1 fully saturated rings. The Balaban J connectivity index is 1.89. The third-order valence-corrected chi connectivity index (χ3v) is 4.20. The fraction of sp³-hybridized carbons (Fsp3) is 0.625. The van der Waals surface area contributed by atoms with Crippen LogP contribution >= 0.6 is 11.6 Å². The van der Waals surface area contributed by atoms with Crippen LogP contribution in [0.15, 0.2) is 24.3 Å². The highest BCUT2D eigenvalue weighted by atomic mass is 35.5. The van der Waals surface area contributed by atoms with Gasteiger partial charge in [0.15, 0.2) is 0 Å². The third-order valence-electron chi connectivity index (χ3n) is 3.95. The highest BCUT2D eigenvalue weighted by Gasteiger charge is 2.21. The molecule has 0 saturated carbocycles. The molecule has 3 heteroatoms. The Morgan fingerprint density at radius 3 is 2.79 bits per heavy atom. The topological polar surface area (TPSA) is 15.3 Å². The first-order chi connectivity index (χ1) is 9.29. The van der Waals surface area contributed by atoms with Gasteiger partial charge in [-0.05, 0) is 56.6 Å². The van der Waals surface area contributed by atoms with E-state index in [1.165, 1.54) is 37.8 Å². The van der Waals surface area contributed by atoms with Gasteiger partial charge in [0.2, 0.25) is 0 Å². The van der Waals surface area contributed by atoms with Crippen LogP contribution in [0.25, 0.3) is 0 Å². The number of rotatable bonds is 6. The summed E-state index contributed by atoms with van der Waals surface area (Å²) in [4.78, 5) is 2.64. The van der Waals surface area contributed by atoms with Crippen LogP contribution < -0.4 is 5.32 Å². The van der Waals surface area contributed by atoms with Crippen molar-refractivity contribution in [2.24, 2.45) is 0 Å². The summed E-state index contributed by atoms with van der Waals surface area (Å²) in [5, 5.41) is 4.27. The van der Waals surface area contributed by atoms with Crippen molar-refractivity contribution in [2.75, 3.05) is 19.6 Å². The van der Waals surface area contributed by atoms with Crippen molar-refractivity contribution in [1.29, 1.82) is 0 Å². The molecule has 1 heterocycles. The van der Waals surface area contributed by atoms with E-state index in [0.29, 0.717) is 0 Å². The lowest BCUT2D eigenvalue weighted by atomic mass is 9.98. The van der Waals surface area contributed by atoms with Gasteiger partial charge in [-0.3, -0.25) is 4.90 Å². The molecule has 19 heavy (non-hydrogen) atoms. The second-order valence-corrected chi connectivity index (χ2v) is 5.83. The van der Waals surface area contributed by atoms with Gasteiger partial charge >= 0.3 is 0 Å². The molecule has 2 rings (SSSR count). The molecule has 1 saturated heterocycles. The molecule has 1 atom stereocenters. The van der Waals surface area contributed by atoms with E-state index in [0.717, 1.165) is 30.7 Å². The molecule has 1 aromatic rings. The monoisotopic (exact) mass is 280 g/mol. The van der Waals surface area contributed by atoms with E-state index in [9.17, 15) is 0 Å². The van der Waals surface area contributed by atoms with Crippen molar-refractivity contribution in [1.82, 2.24) is 10.2 Å². The van der Waals surface area contributed by atoms with Gasteiger partial charge in [-0.15, -0.1) is 0 Å². The number of benzene rings is 1. The second-order valence-electron chi connectivity index (χ2n) is 5.39. The average Bonchev–Trinajstić information content (AvgIpc) is 2.43. The van der Waals surface area contributed by atoms with Crippen LogP contribution in [-0.2, 0) is 6.54 Å². The third kappa shape index (κ3) is 4.79. The van der Waals surface area contributed by atoms with E-state index >= 15 is 0 Å². The van der Waals surface area contributed by atoms with Gasteiger partial charge in [-0.25, -0.2) is 0 Å². The van der Waals surface area contributed by atoms with Crippen LogP contribution in [0.2, 0.25) is 5.02 Å². The molecular weight excluding hydrogens is 256 g/mol. The summed E-state index contributed by atoms with van der Waals surface area (Å²) >= 11 is 5.95. The van der Waals surface area contributed by atoms with Crippen molar-refractivity contribution < 1.29 is 0 Å². The zero-order valence-electron chi connectivity index (χ0n) is 11.9. The van der Waals surface area contributed by atoms with Gasteiger partial charge in [0, 0.05) is 17.6 Å². The summed E-state index contributed by atoms with van der Waals surface area (Å²) < 4.78 is 0. The van der Waals surface area contributed by atoms with Crippen molar-refractivity contribution in [3.05, 3.63) is 34.9 Å². The lowest BCUT2D eigenvalue weighted by Gasteiger charge is -2.36. The number of hydrogen-bond acceptors (Lipinski definition) is 2. The molecule has 1 unspecified atom stereocenters. The van der Waals surface area contributed by atoms with Crippen molar-refractivity contribution >= 4 is 11.6 Å². The zero-order chi connectivity index (χ0) is 13.5. The maximum absolute atomic E-state index is 5.95. The predicted molar refractivity (Wildman–Crippen MR) is 82.7 cm³/mol. The molecule has 1 aliphatic rings. The molecule has 1 N–H and O–H groups in total. The van der Waals surface area contributed by atoms with Gasteiger partial charge in [-0.1, -0.05) is 37.1 Å². The summed E-state index contributed by atoms with van der Waals surface area (Å²) in [6, 6.07) is 9.03. The number of hydrogen-bond donors (Lipinski definition) is 1. The second kappa shape index (κ2) is 7.88. The van der Waals surface area contributed by atoms with Crippen LogP contribution in [0.5, 0.6) is 0 Å². The van der Waals surface area contributed by atoms with E-state index < -0.39 is 0 Å². The molecule has 106 valence electrons. The minimum absolute atomic E-state index is 0.739. The first-order valence-electron chi connectivity index (χ1n) is 7.49. The van der Waals surface area contributed by atoms with E-state index in [-0.39, 0.29) is 0 Å². The number of likely N-dealkylation sites (tertiary alicyclic amines) is 1. The van der Waals surface area contributed by atoms with E-state index in [1.54, 1.807) is 0 Å². The van der Waals surface area contributed by atoms with Crippen LogP contribution in [-0.4, -0.2) is 30.6 Å². The summed E-state index contributed by atoms with van der Waals surface area (Å²) in [5.74, 6) is 0. The van der Waals surface area contributed by atoms with E-state index in [4.69, 9.17) is 11.6 Å². The smallest absolute Gasteiger partial charge is 0.0406 e. The van der Waals surface area contributed by atoms with Gasteiger partial charge in [-0.2, -0.15) is 0 Å². The summed E-state index contributed by atoms with van der Waals surface area (Å²) in [5.41, 5.74) is 1.37. The Morgan fingerprint density at radius 2 is 2.05 bits per heavy atom. The molecule has 0 amide bonds. The van der Waals surface area contributed by atoms with Crippen molar-refractivity contribution in [2.45, 2.75) is 45.2 Å². The Morgan fingerprint density at radius 1 is 1.26 bits per heavy atom. The predicted octanol–water partition coefficient (Wildman–Crippen LogP) is 3.69. The van der Waals surface area contributed by atoms with Crippen molar-refractivity contribution in [3.63, 3.8) is 0 Å². The molecule has 2 nitrogen and oxygen atoms in total. The summed E-state index contributed by atoms with van der Waals surface area (Å²) in [6.45, 7) is 6.68. The Bertz CT molecular complexity index is 364. The Hall–Kier alpha value is -0.570. The lowest BCUT2D eigenvalue weighted by Crippen LogP contribution is -2.40. The zero-order valence-corrected chi connectivity index (χ0v) is 12.6. The fourth-order valence-corrected chi connectivity index (χ4v) is 2.99. The summed E-state index contributed by atoms with van der Waals surface area (Å²) in [7, 11) is 0. The molecule has 1 aliphatic heterocycles. The maximum atomic E-state index is 5.95.